The second kappa shape index (κ2) is 12.6. The minimum Gasteiger partial charge on any atom is -0.481 e. The minimum absolute atomic E-state index is 0.426. The van der Waals surface area contributed by atoms with Gasteiger partial charge in [-0.15, -0.1) is 0 Å². The molecule has 1 aliphatic rings. The van der Waals surface area contributed by atoms with Crippen LogP contribution in [0.1, 0.15) is 46.0 Å². The Kier molecular flexibility index (Phi) is 10.5. The lowest BCUT2D eigenvalue weighted by Crippen LogP contribution is -2.58. The molecule has 4 amide bonds. The average Bonchev–Trinajstić information content (AvgIpc) is 3.24. The quantitative estimate of drug-likeness (QED) is 0.158. The number of carbonyl (C=O) groups is 6. The van der Waals surface area contributed by atoms with Gasteiger partial charge in [-0.05, 0) is 25.3 Å². The Balaban J connectivity index is 2.96. The molecule has 13 heteroatoms. The van der Waals surface area contributed by atoms with Gasteiger partial charge in [0.05, 0.1) is 18.9 Å². The highest BCUT2D eigenvalue weighted by Gasteiger charge is 2.34. The number of nitrogens with one attached hydrogen (secondary N) is 4. The van der Waals surface area contributed by atoms with Crippen molar-refractivity contribution in [2.75, 3.05) is 6.54 Å². The summed E-state index contributed by atoms with van der Waals surface area (Å²) in [5.41, 5.74) is 5.15. The Morgan fingerprint density at radius 1 is 1.00 bits per heavy atom. The van der Waals surface area contributed by atoms with Crippen LogP contribution in [0, 0.1) is 5.92 Å². The van der Waals surface area contributed by atoms with Gasteiger partial charge in [-0.2, -0.15) is 0 Å². The average molecular weight is 457 g/mol. The molecule has 180 valence electrons. The molecule has 1 aliphatic heterocycles. The second-order valence-corrected chi connectivity index (χ2v) is 7.75. The van der Waals surface area contributed by atoms with E-state index < -0.39 is 78.5 Å². The number of carboxylic acid groups (broad SMARTS) is 2. The van der Waals surface area contributed by atoms with Gasteiger partial charge < -0.3 is 37.2 Å². The lowest BCUT2D eigenvalue weighted by Gasteiger charge is -2.25. The Bertz CT molecular complexity index is 737. The van der Waals surface area contributed by atoms with Crippen LogP contribution in [-0.4, -0.2) is 76.5 Å². The molecule has 13 nitrogen and oxygen atoms in total. The topological polar surface area (TPSA) is 217 Å². The summed E-state index contributed by atoms with van der Waals surface area (Å²) in [4.78, 5) is 71.6. The Labute approximate surface area is 184 Å². The van der Waals surface area contributed by atoms with Crippen LogP contribution in [0.2, 0.25) is 0 Å². The van der Waals surface area contributed by atoms with Crippen molar-refractivity contribution < 1.29 is 39.0 Å². The molecule has 1 heterocycles. The number of carbonyl (C=O) groups excluding carboxylic acids is 4. The zero-order chi connectivity index (χ0) is 24.4. The summed E-state index contributed by atoms with van der Waals surface area (Å²) < 4.78 is 0. The number of carboxylic acids is 2. The molecule has 0 spiro atoms. The zero-order valence-corrected chi connectivity index (χ0v) is 18.1. The van der Waals surface area contributed by atoms with E-state index in [-0.39, 0.29) is 0 Å². The van der Waals surface area contributed by atoms with Crippen molar-refractivity contribution in [3.63, 3.8) is 0 Å². The van der Waals surface area contributed by atoms with Crippen LogP contribution >= 0.6 is 0 Å². The lowest BCUT2D eigenvalue weighted by atomic mass is 9.98. The van der Waals surface area contributed by atoms with Crippen LogP contribution in [0.25, 0.3) is 0 Å². The van der Waals surface area contributed by atoms with Gasteiger partial charge in [0.2, 0.25) is 23.6 Å². The van der Waals surface area contributed by atoms with Gasteiger partial charge in [0.1, 0.15) is 18.1 Å². The molecule has 5 atom stereocenters. The summed E-state index contributed by atoms with van der Waals surface area (Å²) >= 11 is 0. The maximum Gasteiger partial charge on any atom is 0.326 e. The first kappa shape index (κ1) is 26.8. The number of hydrogen-bond donors (Lipinski definition) is 7. The minimum atomic E-state index is -1.64. The van der Waals surface area contributed by atoms with Crippen molar-refractivity contribution in [2.45, 2.75) is 70.1 Å². The molecule has 1 saturated heterocycles. The first-order valence-corrected chi connectivity index (χ1v) is 10.3. The van der Waals surface area contributed by atoms with Gasteiger partial charge in [-0.3, -0.25) is 24.0 Å². The van der Waals surface area contributed by atoms with Crippen molar-refractivity contribution in [3.8, 4) is 0 Å². The van der Waals surface area contributed by atoms with E-state index in [1.165, 1.54) is 0 Å². The molecule has 0 radical (unpaired) electrons. The van der Waals surface area contributed by atoms with Crippen molar-refractivity contribution in [1.29, 1.82) is 0 Å². The second-order valence-electron chi connectivity index (χ2n) is 7.75. The van der Waals surface area contributed by atoms with Gasteiger partial charge >= 0.3 is 11.9 Å². The third kappa shape index (κ3) is 8.49. The smallest absolute Gasteiger partial charge is 0.326 e. The summed E-state index contributed by atoms with van der Waals surface area (Å²) in [5.74, 6) is -6.64. The molecule has 8 N–H and O–H groups in total. The summed E-state index contributed by atoms with van der Waals surface area (Å²) in [7, 11) is 0. The molecule has 1 rings (SSSR count). The van der Waals surface area contributed by atoms with E-state index in [1.807, 2.05) is 0 Å². The first-order valence-electron chi connectivity index (χ1n) is 10.3. The first-order chi connectivity index (χ1) is 15.0. The fourth-order valence-corrected chi connectivity index (χ4v) is 3.18. The van der Waals surface area contributed by atoms with Crippen LogP contribution in [0.15, 0.2) is 0 Å². The van der Waals surface area contributed by atoms with Gasteiger partial charge in [0, 0.05) is 0 Å². The number of hydrogen-bond acceptors (Lipinski definition) is 7. The highest BCUT2D eigenvalue weighted by atomic mass is 16.4. The van der Waals surface area contributed by atoms with Gasteiger partial charge in [0.25, 0.3) is 0 Å². The molecule has 0 aromatic carbocycles. The van der Waals surface area contributed by atoms with Gasteiger partial charge in [0.15, 0.2) is 0 Å². The molecular weight excluding hydrogens is 426 g/mol. The van der Waals surface area contributed by atoms with E-state index in [2.05, 4.69) is 21.3 Å². The Morgan fingerprint density at radius 2 is 1.59 bits per heavy atom. The molecular formula is C19H31N5O8. The maximum absolute atomic E-state index is 12.7. The highest BCUT2D eigenvalue weighted by molar-refractivity contribution is 5.97. The summed E-state index contributed by atoms with van der Waals surface area (Å²) in [5, 5.41) is 28.2. The van der Waals surface area contributed by atoms with Crippen LogP contribution in [-0.2, 0) is 28.8 Å². The summed E-state index contributed by atoms with van der Waals surface area (Å²) in [6, 6.07) is -4.92. The summed E-state index contributed by atoms with van der Waals surface area (Å²) in [6.07, 6.45) is 0.302. The van der Waals surface area contributed by atoms with Crippen LogP contribution < -0.4 is 27.0 Å². The standard InChI is InChI=1S/C19H31N5O8/c1-3-9(2)15(19(31)32)24-18(30)12(8-14(26)27)23-17(29)11(7-13(20)25)22-16(28)10-5-4-6-21-10/h9-12,15,21H,3-8H2,1-2H3,(H2,20,25)(H,22,28)(H,23,29)(H,24,30)(H,26,27)(H,31,32). The van der Waals surface area contributed by atoms with Gasteiger partial charge in [-0.25, -0.2) is 4.79 Å². The monoisotopic (exact) mass is 457 g/mol. The number of amides is 4. The third-order valence-electron chi connectivity index (χ3n) is 5.20. The van der Waals surface area contributed by atoms with Crippen molar-refractivity contribution >= 4 is 35.6 Å². The van der Waals surface area contributed by atoms with E-state index in [4.69, 9.17) is 10.8 Å². The largest absolute Gasteiger partial charge is 0.481 e. The molecule has 0 bridgehead atoms. The lowest BCUT2D eigenvalue weighted by molar-refractivity contribution is -0.145. The van der Waals surface area contributed by atoms with Crippen molar-refractivity contribution in [2.24, 2.45) is 11.7 Å². The number of rotatable bonds is 13. The SMILES string of the molecule is CCC(C)C(NC(=O)C(CC(=O)O)NC(=O)C(CC(N)=O)NC(=O)C1CCCN1)C(=O)O. The maximum atomic E-state index is 12.7. The normalized spacial score (nSPS) is 19.1. The highest BCUT2D eigenvalue weighted by Crippen LogP contribution is 2.09. The molecule has 0 aromatic rings. The molecule has 1 fully saturated rings. The third-order valence-corrected chi connectivity index (χ3v) is 5.20. The van der Waals surface area contributed by atoms with E-state index >= 15 is 0 Å². The predicted octanol–water partition coefficient (Wildman–Crippen LogP) is -2.33. The molecule has 32 heavy (non-hydrogen) atoms. The van der Waals surface area contributed by atoms with E-state index in [1.54, 1.807) is 13.8 Å². The number of nitrogens with two attached hydrogens (primary N) is 1. The van der Waals surface area contributed by atoms with Crippen molar-refractivity contribution in [1.82, 2.24) is 21.3 Å². The Hall–Kier alpha value is -3.22. The molecule has 0 saturated carbocycles. The molecule has 0 aromatic heterocycles. The molecule has 0 aliphatic carbocycles. The fraction of sp³-hybridized carbons (Fsp3) is 0.684. The molecule has 5 unspecified atom stereocenters. The Morgan fingerprint density at radius 3 is 2.06 bits per heavy atom. The number of primary amides is 1. The van der Waals surface area contributed by atoms with Crippen LogP contribution in [0.3, 0.4) is 0 Å². The van der Waals surface area contributed by atoms with E-state index in [9.17, 15) is 33.9 Å². The zero-order valence-electron chi connectivity index (χ0n) is 18.1. The summed E-state index contributed by atoms with van der Waals surface area (Å²) in [6.45, 7) is 3.94. The predicted molar refractivity (Wildman–Crippen MR) is 110 cm³/mol. The van der Waals surface area contributed by atoms with E-state index in [0.29, 0.717) is 19.4 Å². The van der Waals surface area contributed by atoms with Gasteiger partial charge in [-0.1, -0.05) is 20.3 Å². The van der Waals surface area contributed by atoms with Crippen molar-refractivity contribution in [3.05, 3.63) is 0 Å². The van der Waals surface area contributed by atoms with E-state index in [0.717, 1.165) is 6.42 Å². The van der Waals surface area contributed by atoms with Crippen LogP contribution in [0.4, 0.5) is 0 Å². The van der Waals surface area contributed by atoms with Crippen LogP contribution in [0.5, 0.6) is 0 Å². The fourth-order valence-electron chi connectivity index (χ4n) is 3.18. The number of aliphatic carboxylic acids is 2.